The highest BCUT2D eigenvalue weighted by molar-refractivity contribution is 6.02. The van der Waals surface area contributed by atoms with Crippen molar-refractivity contribution in [2.75, 3.05) is 24.5 Å². The average molecular weight is 449 g/mol. The van der Waals surface area contributed by atoms with Gasteiger partial charge in [-0.3, -0.25) is 9.59 Å². The number of unbranched alkanes of at least 4 members (excludes halogenated alkanes) is 2. The zero-order chi connectivity index (χ0) is 23.2. The lowest BCUT2D eigenvalue weighted by atomic mass is 9.94. The Labute approximate surface area is 195 Å². The Morgan fingerprint density at radius 1 is 0.909 bits per heavy atom. The molecule has 6 heteroatoms. The Morgan fingerprint density at radius 2 is 1.64 bits per heavy atom. The van der Waals surface area contributed by atoms with Crippen molar-refractivity contribution in [3.63, 3.8) is 0 Å². The molecule has 0 aromatic heterocycles. The summed E-state index contributed by atoms with van der Waals surface area (Å²) >= 11 is 0. The van der Waals surface area contributed by atoms with E-state index in [-0.39, 0.29) is 11.7 Å². The molecular weight excluding hydrogens is 416 g/mol. The molecule has 0 saturated heterocycles. The number of Topliss-reactive ketones (excluding diaryl/α,β-unsaturated/α-hetero) is 1. The van der Waals surface area contributed by atoms with E-state index in [0.717, 1.165) is 67.4 Å². The van der Waals surface area contributed by atoms with Gasteiger partial charge in [0.2, 0.25) is 5.91 Å². The maximum Gasteiger partial charge on any atom is 0.407 e. The molecule has 2 aromatic carbocycles. The third-order valence-corrected chi connectivity index (χ3v) is 6.71. The van der Waals surface area contributed by atoms with Gasteiger partial charge >= 0.3 is 6.09 Å². The molecule has 0 unspecified atom stereocenters. The van der Waals surface area contributed by atoms with E-state index in [0.29, 0.717) is 32.4 Å². The molecule has 0 spiro atoms. The monoisotopic (exact) mass is 448 g/mol. The quantitative estimate of drug-likeness (QED) is 0.393. The lowest BCUT2D eigenvalue weighted by Gasteiger charge is -2.25. The zero-order valence-corrected chi connectivity index (χ0v) is 19.1. The van der Waals surface area contributed by atoms with Crippen molar-refractivity contribution in [3.8, 4) is 0 Å². The molecule has 4 rings (SSSR count). The van der Waals surface area contributed by atoms with Crippen LogP contribution in [0.4, 0.5) is 10.5 Å². The van der Waals surface area contributed by atoms with Crippen LogP contribution in [-0.2, 0) is 24.1 Å². The number of nitrogens with zero attached hydrogens (tertiary/aromatic N) is 2. The maximum absolute atomic E-state index is 12.8. The van der Waals surface area contributed by atoms with Crippen molar-refractivity contribution in [2.24, 2.45) is 0 Å². The fourth-order valence-corrected chi connectivity index (χ4v) is 4.95. The van der Waals surface area contributed by atoms with Crippen molar-refractivity contribution >= 4 is 23.5 Å². The van der Waals surface area contributed by atoms with Crippen LogP contribution in [0.1, 0.15) is 65.6 Å². The minimum Gasteiger partial charge on any atom is -0.465 e. The SMILES string of the molecule is O=C(CCCCCN(CCCc1ccccc1)C(=O)O)c1cc2c3c(c1)CCN3C(=O)CC2. The first-order valence-corrected chi connectivity index (χ1v) is 12.0. The van der Waals surface area contributed by atoms with Gasteiger partial charge in [-0.15, -0.1) is 0 Å². The molecule has 0 bridgehead atoms. The molecule has 33 heavy (non-hydrogen) atoms. The highest BCUT2D eigenvalue weighted by atomic mass is 16.4. The van der Waals surface area contributed by atoms with Crippen LogP contribution in [0.15, 0.2) is 42.5 Å². The van der Waals surface area contributed by atoms with E-state index < -0.39 is 6.09 Å². The van der Waals surface area contributed by atoms with Crippen molar-refractivity contribution in [1.82, 2.24) is 4.90 Å². The predicted molar refractivity (Wildman–Crippen MR) is 128 cm³/mol. The third-order valence-electron chi connectivity index (χ3n) is 6.71. The van der Waals surface area contributed by atoms with Gasteiger partial charge in [-0.1, -0.05) is 36.8 Å². The molecule has 0 aliphatic carbocycles. The van der Waals surface area contributed by atoms with E-state index in [2.05, 4.69) is 12.1 Å². The van der Waals surface area contributed by atoms with Crippen LogP contribution in [0.2, 0.25) is 0 Å². The molecule has 1 N–H and O–H groups in total. The lowest BCUT2D eigenvalue weighted by molar-refractivity contribution is -0.118. The average Bonchev–Trinajstić information content (AvgIpc) is 3.26. The molecule has 2 aliphatic rings. The van der Waals surface area contributed by atoms with Crippen LogP contribution in [0.25, 0.3) is 0 Å². The number of hydrogen-bond acceptors (Lipinski definition) is 3. The Kier molecular flexibility index (Phi) is 7.43. The minimum atomic E-state index is -0.876. The molecule has 0 fully saturated rings. The largest absolute Gasteiger partial charge is 0.465 e. The summed E-state index contributed by atoms with van der Waals surface area (Å²) in [6.45, 7) is 1.76. The van der Waals surface area contributed by atoms with E-state index in [1.165, 1.54) is 10.5 Å². The summed E-state index contributed by atoms with van der Waals surface area (Å²) in [5.74, 6) is 0.332. The normalized spacial score (nSPS) is 14.3. The van der Waals surface area contributed by atoms with Gasteiger partial charge in [0.1, 0.15) is 0 Å². The molecule has 0 saturated carbocycles. The highest BCUT2D eigenvalue weighted by Crippen LogP contribution is 2.37. The minimum absolute atomic E-state index is 0.141. The van der Waals surface area contributed by atoms with Crippen molar-refractivity contribution in [2.45, 2.75) is 57.8 Å². The molecule has 6 nitrogen and oxygen atoms in total. The standard InChI is InChI=1S/C27H32N2O4/c30-24(23-18-21-12-13-25(31)29-17-14-22(19-23)26(21)29)11-5-2-6-15-28(27(32)33)16-7-10-20-8-3-1-4-9-20/h1,3-4,8-9,18-19H,2,5-7,10-17H2,(H,32,33). The van der Waals surface area contributed by atoms with Crippen molar-refractivity contribution in [3.05, 3.63) is 64.7 Å². The molecule has 2 heterocycles. The molecule has 2 aliphatic heterocycles. The fraction of sp³-hybridized carbons (Fsp3) is 0.444. The second-order valence-corrected chi connectivity index (χ2v) is 9.03. The predicted octanol–water partition coefficient (Wildman–Crippen LogP) is 4.88. The highest BCUT2D eigenvalue weighted by Gasteiger charge is 2.31. The number of aryl methyl sites for hydroxylation is 2. The van der Waals surface area contributed by atoms with E-state index in [1.54, 1.807) is 0 Å². The van der Waals surface area contributed by atoms with E-state index in [9.17, 15) is 19.5 Å². The first kappa shape index (κ1) is 23.0. The summed E-state index contributed by atoms with van der Waals surface area (Å²) < 4.78 is 0. The van der Waals surface area contributed by atoms with Crippen molar-refractivity contribution < 1.29 is 19.5 Å². The Hall–Kier alpha value is -3.15. The van der Waals surface area contributed by atoms with Gasteiger partial charge in [0.05, 0.1) is 5.69 Å². The number of carboxylic acid groups (broad SMARTS) is 1. The molecule has 0 atom stereocenters. The first-order chi connectivity index (χ1) is 16.0. The van der Waals surface area contributed by atoms with Crippen molar-refractivity contribution in [1.29, 1.82) is 0 Å². The third kappa shape index (κ3) is 5.62. The lowest BCUT2D eigenvalue weighted by Crippen LogP contribution is -2.32. The van der Waals surface area contributed by atoms with Gasteiger partial charge in [0.25, 0.3) is 0 Å². The zero-order valence-electron chi connectivity index (χ0n) is 19.1. The summed E-state index contributed by atoms with van der Waals surface area (Å²) in [5, 5.41) is 9.48. The fourth-order valence-electron chi connectivity index (χ4n) is 4.95. The van der Waals surface area contributed by atoms with E-state index in [4.69, 9.17) is 0 Å². The number of anilines is 1. The van der Waals surface area contributed by atoms with Crippen LogP contribution < -0.4 is 4.90 Å². The smallest absolute Gasteiger partial charge is 0.407 e. The van der Waals surface area contributed by atoms with Gasteiger partial charge in [0, 0.05) is 38.0 Å². The molecule has 2 aromatic rings. The second kappa shape index (κ2) is 10.6. The number of benzene rings is 2. The number of ketones is 1. The van der Waals surface area contributed by atoms with Gasteiger partial charge in [-0.25, -0.2) is 4.79 Å². The number of carbonyl (C=O) groups is 3. The van der Waals surface area contributed by atoms with Crippen LogP contribution >= 0.6 is 0 Å². The molecule has 0 radical (unpaired) electrons. The summed E-state index contributed by atoms with van der Waals surface area (Å²) in [5.41, 5.74) is 5.27. The topological polar surface area (TPSA) is 77.9 Å². The Morgan fingerprint density at radius 3 is 2.39 bits per heavy atom. The number of rotatable bonds is 11. The van der Waals surface area contributed by atoms with Crippen LogP contribution in [0.3, 0.4) is 0 Å². The van der Waals surface area contributed by atoms with Gasteiger partial charge in [-0.2, -0.15) is 0 Å². The number of amides is 2. The molecule has 2 amide bonds. The van der Waals surface area contributed by atoms with Crippen LogP contribution in [0.5, 0.6) is 0 Å². The summed E-state index contributed by atoms with van der Waals surface area (Å²) in [7, 11) is 0. The van der Waals surface area contributed by atoms with Gasteiger partial charge in [-0.05, 0) is 67.3 Å². The van der Waals surface area contributed by atoms with Gasteiger partial charge < -0.3 is 14.9 Å². The summed E-state index contributed by atoms with van der Waals surface area (Å²) in [6.07, 6.45) is 5.68. The Bertz CT molecular complexity index is 1020. The van der Waals surface area contributed by atoms with Crippen LogP contribution in [0, 0.1) is 0 Å². The summed E-state index contributed by atoms with van der Waals surface area (Å²) in [4.78, 5) is 39.8. The molecular formula is C27H32N2O4. The van der Waals surface area contributed by atoms with E-state index >= 15 is 0 Å². The first-order valence-electron chi connectivity index (χ1n) is 12.0. The maximum atomic E-state index is 12.8. The van der Waals surface area contributed by atoms with Gasteiger partial charge in [0.15, 0.2) is 5.78 Å². The number of hydrogen-bond donors (Lipinski definition) is 1. The van der Waals surface area contributed by atoms with E-state index in [1.807, 2.05) is 35.2 Å². The molecule has 174 valence electrons. The number of carbonyl (C=O) groups excluding carboxylic acids is 2. The van der Waals surface area contributed by atoms with Crippen LogP contribution in [-0.4, -0.2) is 47.4 Å². The summed E-state index contributed by atoms with van der Waals surface area (Å²) in [6, 6.07) is 14.1. The second-order valence-electron chi connectivity index (χ2n) is 9.03. The Balaban J connectivity index is 1.20.